The van der Waals surface area contributed by atoms with Gasteiger partial charge in [-0.3, -0.25) is 4.79 Å². The van der Waals surface area contributed by atoms with Crippen LogP contribution in [0.3, 0.4) is 0 Å². The molecule has 0 spiro atoms. The van der Waals surface area contributed by atoms with Crippen molar-refractivity contribution in [2.24, 2.45) is 0 Å². The number of hydrogen-bond acceptors (Lipinski definition) is 3. The molecule has 0 radical (unpaired) electrons. The number of carbonyl (C=O) groups is 1. The van der Waals surface area contributed by atoms with Gasteiger partial charge in [-0.2, -0.15) is 0 Å². The van der Waals surface area contributed by atoms with Crippen LogP contribution < -0.4 is 5.32 Å². The Kier molecular flexibility index (Phi) is 3.92. The van der Waals surface area contributed by atoms with Gasteiger partial charge in [0.15, 0.2) is 0 Å². The monoisotopic (exact) mass is 286 g/mol. The van der Waals surface area contributed by atoms with Crippen LogP contribution in [0.5, 0.6) is 0 Å². The number of fused-ring (bicyclic) bond motifs is 1. The Hall–Kier alpha value is -1.88. The smallest absolute Gasteiger partial charge is 0.223 e. The summed E-state index contributed by atoms with van der Waals surface area (Å²) in [5.74, 6) is 1.11. The zero-order valence-corrected chi connectivity index (χ0v) is 12.6. The first-order valence-corrected chi connectivity index (χ1v) is 7.59. The van der Waals surface area contributed by atoms with E-state index in [9.17, 15) is 4.79 Å². The summed E-state index contributed by atoms with van der Waals surface area (Å²) in [7, 11) is 0. The number of para-hydroxylation sites is 2. The first kappa shape index (κ1) is 14.1. The molecule has 5 heteroatoms. The number of hydrogen-bond donors (Lipinski definition) is 2. The molecule has 1 amide bonds. The van der Waals surface area contributed by atoms with Gasteiger partial charge in [0.25, 0.3) is 0 Å². The lowest BCUT2D eigenvalue weighted by atomic mass is 10.1. The Morgan fingerprint density at radius 1 is 1.29 bits per heavy atom. The number of aryl methyl sites for hydroxylation is 1. The van der Waals surface area contributed by atoms with E-state index in [1.807, 2.05) is 29.2 Å². The third-order valence-electron chi connectivity index (χ3n) is 3.92. The van der Waals surface area contributed by atoms with Crippen molar-refractivity contribution >= 4 is 16.9 Å². The van der Waals surface area contributed by atoms with Crippen molar-refractivity contribution in [3.05, 3.63) is 30.1 Å². The maximum absolute atomic E-state index is 12.3. The number of aromatic nitrogens is 2. The summed E-state index contributed by atoms with van der Waals surface area (Å²) in [4.78, 5) is 22.1. The molecular formula is C16H22N4O. The number of imidazole rings is 1. The Bertz CT molecular complexity index is 593. The molecule has 5 nitrogen and oxygen atoms in total. The number of nitrogens with zero attached hydrogens (tertiary/aromatic N) is 2. The summed E-state index contributed by atoms with van der Waals surface area (Å²) in [6.07, 6.45) is 1.18. The van der Waals surface area contributed by atoms with Crippen LogP contribution in [0, 0.1) is 0 Å². The van der Waals surface area contributed by atoms with Crippen molar-refractivity contribution in [1.82, 2.24) is 20.2 Å². The number of benzene rings is 1. The fraction of sp³-hybridized carbons (Fsp3) is 0.500. The van der Waals surface area contributed by atoms with Crippen LogP contribution in [-0.2, 0) is 11.2 Å². The molecule has 1 fully saturated rings. The largest absolute Gasteiger partial charge is 0.342 e. The molecule has 0 saturated carbocycles. The minimum absolute atomic E-state index is 0.218. The minimum atomic E-state index is 0.218. The van der Waals surface area contributed by atoms with E-state index in [0.29, 0.717) is 24.9 Å². The van der Waals surface area contributed by atoms with Crippen LogP contribution in [0.1, 0.15) is 26.1 Å². The van der Waals surface area contributed by atoms with Crippen LogP contribution in [0.25, 0.3) is 11.0 Å². The number of nitrogens with one attached hydrogen (secondary N) is 2. The van der Waals surface area contributed by atoms with Gasteiger partial charge in [0, 0.05) is 38.0 Å². The number of aromatic amines is 1. The second-order valence-corrected chi connectivity index (χ2v) is 5.97. The maximum Gasteiger partial charge on any atom is 0.223 e. The van der Waals surface area contributed by atoms with Gasteiger partial charge in [0.1, 0.15) is 5.82 Å². The van der Waals surface area contributed by atoms with Gasteiger partial charge in [0.05, 0.1) is 11.0 Å². The summed E-state index contributed by atoms with van der Waals surface area (Å²) in [5.41, 5.74) is 1.99. The maximum atomic E-state index is 12.3. The third kappa shape index (κ3) is 3.24. The third-order valence-corrected chi connectivity index (χ3v) is 3.92. The topological polar surface area (TPSA) is 61.0 Å². The van der Waals surface area contributed by atoms with Crippen LogP contribution in [0.4, 0.5) is 0 Å². The van der Waals surface area contributed by atoms with Crippen LogP contribution >= 0.6 is 0 Å². The lowest BCUT2D eigenvalue weighted by molar-refractivity contribution is -0.132. The number of amides is 1. The highest BCUT2D eigenvalue weighted by atomic mass is 16.2. The molecule has 1 aliphatic rings. The molecule has 21 heavy (non-hydrogen) atoms. The predicted octanol–water partition coefficient (Wildman–Crippen LogP) is 1.70. The summed E-state index contributed by atoms with van der Waals surface area (Å²) in [5, 5.41) is 3.44. The van der Waals surface area contributed by atoms with E-state index >= 15 is 0 Å². The van der Waals surface area contributed by atoms with E-state index < -0.39 is 0 Å². The molecule has 0 aliphatic carbocycles. The summed E-state index contributed by atoms with van der Waals surface area (Å²) in [6.45, 7) is 5.83. The van der Waals surface area contributed by atoms with Gasteiger partial charge >= 0.3 is 0 Å². The standard InChI is InChI=1S/C16H22N4O/c1-11-9-20(10-12(2)17-11)16(21)8-7-15-18-13-5-3-4-6-14(13)19-15/h3-6,11-12,17H,7-10H2,1-2H3,(H,18,19)/t11-,12-/m1/s1. The molecule has 2 atom stereocenters. The molecule has 1 aromatic carbocycles. The SMILES string of the molecule is C[C@@H]1CN(C(=O)CCc2nc3ccccc3[nH]2)C[C@@H](C)N1. The summed E-state index contributed by atoms with van der Waals surface area (Å²) >= 11 is 0. The molecule has 1 aromatic heterocycles. The Labute approximate surface area is 124 Å². The second-order valence-electron chi connectivity index (χ2n) is 5.97. The minimum Gasteiger partial charge on any atom is -0.342 e. The highest BCUT2D eigenvalue weighted by Gasteiger charge is 2.24. The Balaban J connectivity index is 1.60. The average molecular weight is 286 g/mol. The highest BCUT2D eigenvalue weighted by molar-refractivity contribution is 5.77. The molecule has 2 N–H and O–H groups in total. The quantitative estimate of drug-likeness (QED) is 0.903. The molecule has 1 aliphatic heterocycles. The van der Waals surface area contributed by atoms with E-state index in [2.05, 4.69) is 29.1 Å². The van der Waals surface area contributed by atoms with Crippen molar-refractivity contribution in [2.45, 2.75) is 38.8 Å². The lowest BCUT2D eigenvalue weighted by Gasteiger charge is -2.36. The lowest BCUT2D eigenvalue weighted by Crippen LogP contribution is -2.55. The first-order chi connectivity index (χ1) is 10.1. The van der Waals surface area contributed by atoms with E-state index in [4.69, 9.17) is 0 Å². The molecule has 0 unspecified atom stereocenters. The van der Waals surface area contributed by atoms with Crippen molar-refractivity contribution < 1.29 is 4.79 Å². The molecule has 3 rings (SSSR count). The fourth-order valence-corrected chi connectivity index (χ4v) is 3.04. The highest BCUT2D eigenvalue weighted by Crippen LogP contribution is 2.12. The molecular weight excluding hydrogens is 264 g/mol. The van der Waals surface area contributed by atoms with Gasteiger partial charge in [-0.15, -0.1) is 0 Å². The van der Waals surface area contributed by atoms with Gasteiger partial charge < -0.3 is 15.2 Å². The number of H-pyrrole nitrogens is 1. The van der Waals surface area contributed by atoms with E-state index in [1.165, 1.54) is 0 Å². The molecule has 2 heterocycles. The van der Waals surface area contributed by atoms with Crippen LogP contribution in [0.15, 0.2) is 24.3 Å². The molecule has 0 bridgehead atoms. The van der Waals surface area contributed by atoms with Gasteiger partial charge in [-0.25, -0.2) is 4.98 Å². The van der Waals surface area contributed by atoms with Crippen molar-refractivity contribution in [1.29, 1.82) is 0 Å². The van der Waals surface area contributed by atoms with E-state index in [1.54, 1.807) is 0 Å². The van der Waals surface area contributed by atoms with Crippen molar-refractivity contribution in [3.8, 4) is 0 Å². The summed E-state index contributed by atoms with van der Waals surface area (Å²) < 4.78 is 0. The average Bonchev–Trinajstić information content (AvgIpc) is 2.86. The van der Waals surface area contributed by atoms with Gasteiger partial charge in [-0.1, -0.05) is 12.1 Å². The van der Waals surface area contributed by atoms with Gasteiger partial charge in [-0.05, 0) is 26.0 Å². The Morgan fingerprint density at radius 3 is 2.71 bits per heavy atom. The van der Waals surface area contributed by atoms with Crippen molar-refractivity contribution in [3.63, 3.8) is 0 Å². The van der Waals surface area contributed by atoms with Crippen LogP contribution in [0.2, 0.25) is 0 Å². The second kappa shape index (κ2) is 5.85. The van der Waals surface area contributed by atoms with Crippen molar-refractivity contribution in [2.75, 3.05) is 13.1 Å². The molecule has 2 aromatic rings. The van der Waals surface area contributed by atoms with Gasteiger partial charge in [0.2, 0.25) is 5.91 Å². The van der Waals surface area contributed by atoms with Crippen LogP contribution in [-0.4, -0.2) is 45.9 Å². The molecule has 112 valence electrons. The number of rotatable bonds is 3. The zero-order chi connectivity index (χ0) is 14.8. The fourth-order valence-electron chi connectivity index (χ4n) is 3.04. The Morgan fingerprint density at radius 2 is 2.00 bits per heavy atom. The normalized spacial score (nSPS) is 22.7. The zero-order valence-electron chi connectivity index (χ0n) is 12.6. The van der Waals surface area contributed by atoms with E-state index in [0.717, 1.165) is 29.9 Å². The summed E-state index contributed by atoms with van der Waals surface area (Å²) in [6, 6.07) is 8.68. The predicted molar refractivity (Wildman–Crippen MR) is 83.1 cm³/mol. The first-order valence-electron chi connectivity index (χ1n) is 7.59. The number of carbonyl (C=O) groups excluding carboxylic acids is 1. The van der Waals surface area contributed by atoms with E-state index in [-0.39, 0.29) is 5.91 Å². The molecule has 1 saturated heterocycles. The number of piperazine rings is 1.